The SMILES string of the molecule is COC1CCC(C(=O)N2CCc3nc([C@H]4CCCN4)ncc3C2)CC1. The molecule has 1 N–H and O–H groups in total. The summed E-state index contributed by atoms with van der Waals surface area (Å²) in [4.78, 5) is 24.2. The maximum absolute atomic E-state index is 12.9. The molecule has 1 saturated heterocycles. The van der Waals surface area contributed by atoms with Crippen molar-refractivity contribution in [1.82, 2.24) is 20.2 Å². The van der Waals surface area contributed by atoms with Crippen LogP contribution < -0.4 is 5.32 Å². The first-order valence-electron chi connectivity index (χ1n) is 9.64. The number of amides is 1. The molecule has 2 aliphatic heterocycles. The summed E-state index contributed by atoms with van der Waals surface area (Å²) in [6, 6.07) is 0.306. The van der Waals surface area contributed by atoms with Gasteiger partial charge in [0.1, 0.15) is 5.82 Å². The van der Waals surface area contributed by atoms with E-state index in [1.165, 1.54) is 6.42 Å². The van der Waals surface area contributed by atoms with E-state index in [4.69, 9.17) is 9.72 Å². The highest BCUT2D eigenvalue weighted by atomic mass is 16.5. The van der Waals surface area contributed by atoms with Gasteiger partial charge in [0.15, 0.2) is 0 Å². The van der Waals surface area contributed by atoms with Crippen molar-refractivity contribution >= 4 is 5.91 Å². The second-order valence-corrected chi connectivity index (χ2v) is 7.57. The summed E-state index contributed by atoms with van der Waals surface area (Å²) in [6.07, 6.45) is 9.33. The Morgan fingerprint density at radius 3 is 2.84 bits per heavy atom. The second-order valence-electron chi connectivity index (χ2n) is 7.57. The van der Waals surface area contributed by atoms with Gasteiger partial charge in [-0.25, -0.2) is 9.97 Å². The number of nitrogens with zero attached hydrogens (tertiary/aromatic N) is 3. The molecular weight excluding hydrogens is 316 g/mol. The van der Waals surface area contributed by atoms with Crippen LogP contribution in [0.3, 0.4) is 0 Å². The van der Waals surface area contributed by atoms with Gasteiger partial charge in [-0.3, -0.25) is 4.79 Å². The molecule has 0 spiro atoms. The summed E-state index contributed by atoms with van der Waals surface area (Å²) in [7, 11) is 1.77. The summed E-state index contributed by atoms with van der Waals surface area (Å²) < 4.78 is 5.42. The van der Waals surface area contributed by atoms with E-state index < -0.39 is 0 Å². The first-order valence-corrected chi connectivity index (χ1v) is 9.64. The Labute approximate surface area is 149 Å². The van der Waals surface area contributed by atoms with Gasteiger partial charge >= 0.3 is 0 Å². The van der Waals surface area contributed by atoms with Crippen LogP contribution in [0, 0.1) is 5.92 Å². The van der Waals surface area contributed by atoms with E-state index in [1.54, 1.807) is 7.11 Å². The third kappa shape index (κ3) is 3.55. The molecule has 136 valence electrons. The third-order valence-corrected chi connectivity index (χ3v) is 5.99. The van der Waals surface area contributed by atoms with E-state index in [-0.39, 0.29) is 5.92 Å². The highest BCUT2D eigenvalue weighted by Crippen LogP contribution is 2.29. The van der Waals surface area contributed by atoms with Crippen molar-refractivity contribution in [2.45, 2.75) is 63.6 Å². The van der Waals surface area contributed by atoms with Gasteiger partial charge in [-0.15, -0.1) is 0 Å². The van der Waals surface area contributed by atoms with E-state index in [9.17, 15) is 4.79 Å². The van der Waals surface area contributed by atoms with Crippen LogP contribution in [0.15, 0.2) is 6.20 Å². The quantitative estimate of drug-likeness (QED) is 0.908. The lowest BCUT2D eigenvalue weighted by atomic mass is 9.86. The molecule has 6 heteroatoms. The van der Waals surface area contributed by atoms with Crippen LogP contribution in [0.5, 0.6) is 0 Å². The predicted molar refractivity (Wildman–Crippen MR) is 93.9 cm³/mol. The molecule has 1 saturated carbocycles. The van der Waals surface area contributed by atoms with Crippen LogP contribution in [0.2, 0.25) is 0 Å². The minimum absolute atomic E-state index is 0.163. The molecule has 2 fully saturated rings. The van der Waals surface area contributed by atoms with E-state index in [1.807, 2.05) is 11.1 Å². The van der Waals surface area contributed by atoms with Crippen molar-refractivity contribution in [1.29, 1.82) is 0 Å². The van der Waals surface area contributed by atoms with Gasteiger partial charge < -0.3 is 15.0 Å². The van der Waals surface area contributed by atoms with E-state index in [0.717, 1.165) is 68.7 Å². The maximum atomic E-state index is 12.9. The zero-order valence-corrected chi connectivity index (χ0v) is 15.0. The number of aromatic nitrogens is 2. The van der Waals surface area contributed by atoms with Crippen LogP contribution in [0.25, 0.3) is 0 Å². The molecule has 0 unspecified atom stereocenters. The Morgan fingerprint density at radius 1 is 1.28 bits per heavy atom. The molecule has 25 heavy (non-hydrogen) atoms. The van der Waals surface area contributed by atoms with Crippen LogP contribution in [0.4, 0.5) is 0 Å². The standard InChI is InChI=1S/C19H28N4O2/c1-25-15-6-4-13(5-7-15)19(24)23-10-8-16-14(12-23)11-21-18(22-16)17-3-2-9-20-17/h11,13,15,17,20H,2-10,12H2,1H3/t13?,15?,17-/m1/s1. The van der Waals surface area contributed by atoms with Crippen LogP contribution in [-0.2, 0) is 22.5 Å². The van der Waals surface area contributed by atoms with Crippen molar-refractivity contribution in [2.75, 3.05) is 20.2 Å². The van der Waals surface area contributed by atoms with E-state index in [0.29, 0.717) is 24.6 Å². The van der Waals surface area contributed by atoms with Gasteiger partial charge in [0.25, 0.3) is 0 Å². The van der Waals surface area contributed by atoms with Gasteiger partial charge in [-0.2, -0.15) is 0 Å². The Bertz CT molecular complexity index is 622. The molecule has 1 aromatic heterocycles. The topological polar surface area (TPSA) is 67.3 Å². The highest BCUT2D eigenvalue weighted by molar-refractivity contribution is 5.79. The molecule has 1 atom stereocenters. The van der Waals surface area contributed by atoms with Gasteiger partial charge in [0.2, 0.25) is 5.91 Å². The third-order valence-electron chi connectivity index (χ3n) is 5.99. The number of hydrogen-bond acceptors (Lipinski definition) is 5. The fourth-order valence-electron chi connectivity index (χ4n) is 4.40. The smallest absolute Gasteiger partial charge is 0.225 e. The lowest BCUT2D eigenvalue weighted by molar-refractivity contribution is -0.138. The summed E-state index contributed by atoms with van der Waals surface area (Å²) in [5, 5.41) is 3.46. The molecule has 3 aliphatic rings. The molecule has 6 nitrogen and oxygen atoms in total. The minimum atomic E-state index is 0.163. The van der Waals surface area contributed by atoms with E-state index >= 15 is 0 Å². The maximum Gasteiger partial charge on any atom is 0.225 e. The number of ether oxygens (including phenoxy) is 1. The number of fused-ring (bicyclic) bond motifs is 1. The van der Waals surface area contributed by atoms with Crippen molar-refractivity contribution in [3.63, 3.8) is 0 Å². The molecule has 1 amide bonds. The summed E-state index contributed by atoms with van der Waals surface area (Å²) >= 11 is 0. The number of methoxy groups -OCH3 is 1. The minimum Gasteiger partial charge on any atom is -0.381 e. The molecule has 0 radical (unpaired) electrons. The average Bonchev–Trinajstić information content (AvgIpc) is 3.21. The molecule has 4 rings (SSSR count). The fourth-order valence-corrected chi connectivity index (χ4v) is 4.40. The number of hydrogen-bond donors (Lipinski definition) is 1. The Morgan fingerprint density at radius 2 is 2.12 bits per heavy atom. The van der Waals surface area contributed by atoms with Crippen LogP contribution >= 0.6 is 0 Å². The first-order chi connectivity index (χ1) is 12.2. The Kier molecular flexibility index (Phi) is 4.99. The summed E-state index contributed by atoms with van der Waals surface area (Å²) in [5.41, 5.74) is 2.25. The summed E-state index contributed by atoms with van der Waals surface area (Å²) in [6.45, 7) is 2.50. The van der Waals surface area contributed by atoms with Crippen molar-refractivity contribution in [3.8, 4) is 0 Å². The normalized spacial score (nSPS) is 29.5. The van der Waals surface area contributed by atoms with Crippen molar-refractivity contribution < 1.29 is 9.53 Å². The molecule has 1 aromatic rings. The predicted octanol–water partition coefficient (Wildman–Crippen LogP) is 1.99. The molecule has 0 bridgehead atoms. The molecule has 0 aromatic carbocycles. The van der Waals surface area contributed by atoms with E-state index in [2.05, 4.69) is 10.3 Å². The van der Waals surface area contributed by atoms with Gasteiger partial charge in [-0.05, 0) is 45.1 Å². The van der Waals surface area contributed by atoms with Gasteiger partial charge in [-0.1, -0.05) is 0 Å². The highest BCUT2D eigenvalue weighted by Gasteiger charge is 2.31. The second kappa shape index (κ2) is 7.38. The Balaban J connectivity index is 1.40. The van der Waals surface area contributed by atoms with Gasteiger partial charge in [0, 0.05) is 44.3 Å². The zero-order chi connectivity index (χ0) is 17.2. The van der Waals surface area contributed by atoms with Crippen LogP contribution in [0.1, 0.15) is 61.6 Å². The summed E-state index contributed by atoms with van der Waals surface area (Å²) in [5.74, 6) is 1.39. The number of nitrogens with one attached hydrogen (secondary N) is 1. The van der Waals surface area contributed by atoms with Crippen molar-refractivity contribution in [3.05, 3.63) is 23.3 Å². The first kappa shape index (κ1) is 16.9. The van der Waals surface area contributed by atoms with Crippen LogP contribution in [-0.4, -0.2) is 47.1 Å². The lowest BCUT2D eigenvalue weighted by Gasteiger charge is -2.34. The average molecular weight is 344 g/mol. The Hall–Kier alpha value is -1.53. The number of carbonyl (C=O) groups excluding carboxylic acids is 1. The van der Waals surface area contributed by atoms with Crippen molar-refractivity contribution in [2.24, 2.45) is 5.92 Å². The van der Waals surface area contributed by atoms with Gasteiger partial charge in [0.05, 0.1) is 17.8 Å². The monoisotopic (exact) mass is 344 g/mol. The zero-order valence-electron chi connectivity index (χ0n) is 15.0. The fraction of sp³-hybridized carbons (Fsp3) is 0.737. The molecular formula is C19H28N4O2. The lowest BCUT2D eigenvalue weighted by Crippen LogP contribution is -2.41. The number of rotatable bonds is 3. The largest absolute Gasteiger partial charge is 0.381 e. The molecule has 1 aliphatic carbocycles. The molecule has 3 heterocycles. The number of carbonyl (C=O) groups is 1.